The van der Waals surface area contributed by atoms with Crippen molar-refractivity contribution in [2.45, 2.75) is 46.7 Å². The summed E-state index contributed by atoms with van der Waals surface area (Å²) in [6, 6.07) is 5.25. The van der Waals surface area contributed by atoms with Crippen molar-refractivity contribution in [1.82, 2.24) is 19.3 Å². The van der Waals surface area contributed by atoms with Crippen LogP contribution in [-0.4, -0.2) is 19.3 Å². The van der Waals surface area contributed by atoms with Gasteiger partial charge in [0.25, 0.3) is 5.56 Å². The van der Waals surface area contributed by atoms with Gasteiger partial charge in [-0.2, -0.15) is 5.10 Å². The monoisotopic (exact) mass is 368 g/mol. The number of rotatable bonds is 3. The molecule has 0 unspecified atom stereocenters. The normalized spacial score (nSPS) is 15.2. The summed E-state index contributed by atoms with van der Waals surface area (Å²) in [4.78, 5) is 17.5. The van der Waals surface area contributed by atoms with E-state index in [0.717, 1.165) is 47.7 Å². The predicted molar refractivity (Wildman–Crippen MR) is 105 cm³/mol. The lowest BCUT2D eigenvalue weighted by Crippen LogP contribution is -2.20. The molecular formula is C20H21ClN4O. The van der Waals surface area contributed by atoms with Crippen molar-refractivity contribution in [2.75, 3.05) is 0 Å². The molecule has 3 heterocycles. The summed E-state index contributed by atoms with van der Waals surface area (Å²) in [6.45, 7) is 7.84. The molecule has 2 aromatic heterocycles. The minimum absolute atomic E-state index is 0.000175. The molecule has 0 saturated heterocycles. The second kappa shape index (κ2) is 6.40. The Morgan fingerprint density at radius 1 is 1.31 bits per heavy atom. The fraction of sp³-hybridized carbons (Fsp3) is 0.350. The maximum Gasteiger partial charge on any atom is 0.261 e. The topological polar surface area (TPSA) is 52.7 Å². The zero-order chi connectivity index (χ0) is 18.4. The van der Waals surface area contributed by atoms with E-state index >= 15 is 0 Å². The van der Waals surface area contributed by atoms with Gasteiger partial charge in [0, 0.05) is 29.4 Å². The first kappa shape index (κ1) is 17.0. The lowest BCUT2D eigenvalue weighted by molar-refractivity contribution is 0.583. The SMILES string of the molecule is CCCn1nc(C)c(/C=C2/CCn3c2nc2cc(Cl)ccc2c3=O)c1C. The molecule has 0 atom stereocenters. The molecule has 6 heteroatoms. The van der Waals surface area contributed by atoms with Crippen LogP contribution in [0.2, 0.25) is 5.02 Å². The van der Waals surface area contributed by atoms with Crippen LogP contribution in [0.3, 0.4) is 0 Å². The van der Waals surface area contributed by atoms with Gasteiger partial charge in [-0.3, -0.25) is 14.0 Å². The molecule has 1 aliphatic heterocycles. The standard InChI is InChI=1S/C20H21ClN4O/c1-4-8-25-13(3)17(12(2)23-25)10-14-7-9-24-19(14)22-18-11-15(21)5-6-16(18)20(24)26/h5-6,10-11H,4,7-9H2,1-3H3/b14-10-. The number of fused-ring (bicyclic) bond motifs is 2. The summed E-state index contributed by atoms with van der Waals surface area (Å²) in [5.74, 6) is 0.742. The lowest BCUT2D eigenvalue weighted by atomic mass is 10.1. The molecule has 3 aromatic rings. The number of hydrogen-bond acceptors (Lipinski definition) is 3. The Balaban J connectivity index is 1.87. The van der Waals surface area contributed by atoms with E-state index in [0.29, 0.717) is 22.5 Å². The second-order valence-electron chi connectivity index (χ2n) is 6.78. The summed E-state index contributed by atoms with van der Waals surface area (Å²) < 4.78 is 3.82. The average molecular weight is 369 g/mol. The van der Waals surface area contributed by atoms with E-state index in [2.05, 4.69) is 29.7 Å². The van der Waals surface area contributed by atoms with Crippen molar-refractivity contribution >= 4 is 34.2 Å². The molecule has 0 N–H and O–H groups in total. The molecule has 5 nitrogen and oxygen atoms in total. The van der Waals surface area contributed by atoms with Gasteiger partial charge in [-0.15, -0.1) is 0 Å². The zero-order valence-electron chi connectivity index (χ0n) is 15.2. The van der Waals surface area contributed by atoms with E-state index in [-0.39, 0.29) is 5.56 Å². The van der Waals surface area contributed by atoms with Crippen LogP contribution >= 0.6 is 11.6 Å². The van der Waals surface area contributed by atoms with Crippen molar-refractivity contribution in [3.05, 3.63) is 56.4 Å². The molecule has 1 aromatic carbocycles. The third-order valence-corrected chi connectivity index (χ3v) is 5.24. The van der Waals surface area contributed by atoms with Crippen LogP contribution in [-0.2, 0) is 13.1 Å². The highest BCUT2D eigenvalue weighted by atomic mass is 35.5. The van der Waals surface area contributed by atoms with Gasteiger partial charge in [0.15, 0.2) is 0 Å². The Morgan fingerprint density at radius 2 is 2.12 bits per heavy atom. The first-order chi connectivity index (χ1) is 12.5. The number of hydrogen-bond donors (Lipinski definition) is 0. The van der Waals surface area contributed by atoms with Crippen LogP contribution in [0.1, 0.15) is 42.5 Å². The van der Waals surface area contributed by atoms with E-state index in [1.165, 1.54) is 0 Å². The van der Waals surface area contributed by atoms with E-state index in [4.69, 9.17) is 16.6 Å². The number of nitrogens with zero attached hydrogens (tertiary/aromatic N) is 4. The quantitative estimate of drug-likeness (QED) is 0.695. The Morgan fingerprint density at radius 3 is 2.88 bits per heavy atom. The van der Waals surface area contributed by atoms with Crippen molar-refractivity contribution in [2.24, 2.45) is 0 Å². The molecule has 0 bridgehead atoms. The van der Waals surface area contributed by atoms with Gasteiger partial charge in [-0.25, -0.2) is 4.98 Å². The molecular weight excluding hydrogens is 348 g/mol. The Hall–Kier alpha value is -2.40. The fourth-order valence-electron chi connectivity index (χ4n) is 3.65. The Labute approximate surface area is 156 Å². The fourth-order valence-corrected chi connectivity index (χ4v) is 3.82. The van der Waals surface area contributed by atoms with Crippen LogP contribution in [0.15, 0.2) is 23.0 Å². The first-order valence-electron chi connectivity index (χ1n) is 8.94. The number of benzene rings is 1. The number of allylic oxidation sites excluding steroid dienone is 1. The maximum absolute atomic E-state index is 12.8. The van der Waals surface area contributed by atoms with E-state index in [1.807, 2.05) is 6.92 Å². The van der Waals surface area contributed by atoms with Gasteiger partial charge in [0.05, 0.1) is 16.6 Å². The molecule has 1 aliphatic rings. The lowest BCUT2D eigenvalue weighted by Gasteiger charge is -2.06. The van der Waals surface area contributed by atoms with Crippen molar-refractivity contribution < 1.29 is 0 Å². The molecule has 0 aliphatic carbocycles. The molecule has 4 rings (SSSR count). The summed E-state index contributed by atoms with van der Waals surface area (Å²) in [5, 5.41) is 5.84. The van der Waals surface area contributed by atoms with Gasteiger partial charge in [0.1, 0.15) is 5.82 Å². The highest BCUT2D eigenvalue weighted by molar-refractivity contribution is 6.31. The third-order valence-electron chi connectivity index (χ3n) is 5.00. The molecule has 0 spiro atoms. The van der Waals surface area contributed by atoms with E-state index in [9.17, 15) is 4.79 Å². The van der Waals surface area contributed by atoms with Crippen LogP contribution in [0.5, 0.6) is 0 Å². The molecule has 0 saturated carbocycles. The summed E-state index contributed by atoms with van der Waals surface area (Å²) in [5.41, 5.74) is 5.01. The van der Waals surface area contributed by atoms with Crippen LogP contribution in [0.4, 0.5) is 0 Å². The minimum Gasteiger partial charge on any atom is -0.292 e. The van der Waals surface area contributed by atoms with Gasteiger partial charge < -0.3 is 0 Å². The van der Waals surface area contributed by atoms with Gasteiger partial charge in [-0.05, 0) is 56.5 Å². The van der Waals surface area contributed by atoms with Gasteiger partial charge in [-0.1, -0.05) is 18.5 Å². The number of aryl methyl sites for hydroxylation is 2. The van der Waals surface area contributed by atoms with Crippen LogP contribution in [0, 0.1) is 13.8 Å². The molecule has 26 heavy (non-hydrogen) atoms. The Bertz CT molecular complexity index is 1110. The third kappa shape index (κ3) is 2.67. The molecule has 0 amide bonds. The van der Waals surface area contributed by atoms with E-state index < -0.39 is 0 Å². The average Bonchev–Trinajstić information content (AvgIpc) is 3.12. The second-order valence-corrected chi connectivity index (χ2v) is 7.22. The predicted octanol–water partition coefficient (Wildman–Crippen LogP) is 4.22. The van der Waals surface area contributed by atoms with Crippen LogP contribution in [0.25, 0.3) is 22.6 Å². The van der Waals surface area contributed by atoms with Crippen molar-refractivity contribution in [3.8, 4) is 0 Å². The minimum atomic E-state index is 0.000175. The van der Waals surface area contributed by atoms with Crippen LogP contribution < -0.4 is 5.56 Å². The van der Waals surface area contributed by atoms with E-state index in [1.54, 1.807) is 22.8 Å². The number of aromatic nitrogens is 4. The zero-order valence-corrected chi connectivity index (χ0v) is 16.0. The number of halogens is 1. The summed E-state index contributed by atoms with van der Waals surface area (Å²) in [6.07, 6.45) is 3.99. The summed E-state index contributed by atoms with van der Waals surface area (Å²) in [7, 11) is 0. The molecule has 0 fully saturated rings. The summed E-state index contributed by atoms with van der Waals surface area (Å²) >= 11 is 6.09. The van der Waals surface area contributed by atoms with Gasteiger partial charge >= 0.3 is 0 Å². The molecule has 134 valence electrons. The largest absolute Gasteiger partial charge is 0.292 e. The smallest absolute Gasteiger partial charge is 0.261 e. The molecule has 0 radical (unpaired) electrons. The van der Waals surface area contributed by atoms with Crippen molar-refractivity contribution in [1.29, 1.82) is 0 Å². The highest BCUT2D eigenvalue weighted by Crippen LogP contribution is 2.29. The highest BCUT2D eigenvalue weighted by Gasteiger charge is 2.22. The van der Waals surface area contributed by atoms with Gasteiger partial charge in [0.2, 0.25) is 0 Å². The van der Waals surface area contributed by atoms with Crippen molar-refractivity contribution in [3.63, 3.8) is 0 Å². The maximum atomic E-state index is 12.8. The Kier molecular flexibility index (Phi) is 4.19. The first-order valence-corrected chi connectivity index (χ1v) is 9.32.